The van der Waals surface area contributed by atoms with E-state index in [1.807, 2.05) is 12.3 Å². The Kier molecular flexibility index (Phi) is 15.7. The molecule has 1 rings (SSSR count). The molecule has 212 valence electrons. The molecular formula is C25H40N6O6S. The molecule has 0 radical (unpaired) electrons. The van der Waals surface area contributed by atoms with Gasteiger partial charge in [-0.3, -0.25) is 19.2 Å². The highest BCUT2D eigenvalue weighted by atomic mass is 32.2. The lowest BCUT2D eigenvalue weighted by molar-refractivity contribution is -0.142. The maximum Gasteiger partial charge on any atom is 0.326 e. The van der Waals surface area contributed by atoms with E-state index in [1.54, 1.807) is 24.3 Å². The summed E-state index contributed by atoms with van der Waals surface area (Å²) >= 11 is 1.45. The molecule has 0 fully saturated rings. The second-order valence-corrected chi connectivity index (χ2v) is 9.87. The standard InChI is InChI=1S/C25H40N6O6S/c1-38-14-12-19(25(36)37)30-24(35)20(15-16-7-3-2-4-8-16)31-23(34)18(9-5-6-13-26)29-22(33)17(27)10-11-21(28)32/h2-4,7-8,17-20H,5-6,9-15,26-27H2,1H3,(H2,28,32)(H,29,33)(H,30,35)(H,31,34)(H,36,37). The number of thioether (sulfide) groups is 1. The lowest BCUT2D eigenvalue weighted by Crippen LogP contribution is -2.57. The van der Waals surface area contributed by atoms with Gasteiger partial charge in [0.25, 0.3) is 0 Å². The third-order valence-electron chi connectivity index (χ3n) is 5.76. The Morgan fingerprint density at radius 1 is 0.868 bits per heavy atom. The zero-order valence-corrected chi connectivity index (χ0v) is 22.5. The van der Waals surface area contributed by atoms with Crippen LogP contribution >= 0.6 is 11.8 Å². The number of unbranched alkanes of at least 4 members (excludes halogenated alkanes) is 1. The molecule has 4 unspecified atom stereocenters. The lowest BCUT2D eigenvalue weighted by Gasteiger charge is -2.25. The van der Waals surface area contributed by atoms with Crippen molar-refractivity contribution in [1.82, 2.24) is 16.0 Å². The van der Waals surface area contributed by atoms with Crippen molar-refractivity contribution < 1.29 is 29.1 Å². The molecule has 0 aliphatic heterocycles. The quantitative estimate of drug-likeness (QED) is 0.107. The van der Waals surface area contributed by atoms with Gasteiger partial charge in [-0.1, -0.05) is 30.3 Å². The predicted octanol–water partition coefficient (Wildman–Crippen LogP) is -0.757. The van der Waals surface area contributed by atoms with E-state index in [2.05, 4.69) is 16.0 Å². The number of nitrogens with two attached hydrogens (primary N) is 3. The van der Waals surface area contributed by atoms with Crippen LogP contribution in [0.1, 0.15) is 44.1 Å². The molecule has 0 spiro atoms. The number of primary amides is 1. The first-order valence-corrected chi connectivity index (χ1v) is 13.9. The predicted molar refractivity (Wildman–Crippen MR) is 146 cm³/mol. The fourth-order valence-electron chi connectivity index (χ4n) is 3.57. The topological polar surface area (TPSA) is 220 Å². The molecule has 10 N–H and O–H groups in total. The number of aliphatic carboxylic acids is 1. The Morgan fingerprint density at radius 2 is 1.47 bits per heavy atom. The first-order chi connectivity index (χ1) is 18.1. The number of rotatable bonds is 19. The highest BCUT2D eigenvalue weighted by molar-refractivity contribution is 7.98. The number of amides is 4. The number of carboxylic acid groups (broad SMARTS) is 1. The summed E-state index contributed by atoms with van der Waals surface area (Å²) in [5.41, 5.74) is 17.3. The molecule has 0 aliphatic rings. The number of carbonyl (C=O) groups excluding carboxylic acids is 4. The summed E-state index contributed by atoms with van der Waals surface area (Å²) in [4.78, 5) is 61.7. The van der Waals surface area contributed by atoms with Crippen LogP contribution in [0.15, 0.2) is 30.3 Å². The Morgan fingerprint density at radius 3 is 2.05 bits per heavy atom. The van der Waals surface area contributed by atoms with Gasteiger partial charge in [0.15, 0.2) is 0 Å². The fraction of sp³-hybridized carbons (Fsp3) is 0.560. The van der Waals surface area contributed by atoms with Crippen LogP contribution in [-0.4, -0.2) is 77.4 Å². The molecule has 4 atom stereocenters. The summed E-state index contributed by atoms with van der Waals surface area (Å²) in [6, 6.07) is 4.66. The minimum atomic E-state index is -1.17. The van der Waals surface area contributed by atoms with Crippen molar-refractivity contribution in [2.24, 2.45) is 17.2 Å². The van der Waals surface area contributed by atoms with Gasteiger partial charge in [0.2, 0.25) is 23.6 Å². The third kappa shape index (κ3) is 12.9. The zero-order valence-electron chi connectivity index (χ0n) is 21.7. The molecule has 4 amide bonds. The van der Waals surface area contributed by atoms with E-state index in [4.69, 9.17) is 17.2 Å². The van der Waals surface area contributed by atoms with Gasteiger partial charge < -0.3 is 38.3 Å². The average Bonchev–Trinajstić information content (AvgIpc) is 2.88. The van der Waals surface area contributed by atoms with Crippen LogP contribution in [0.25, 0.3) is 0 Å². The maximum atomic E-state index is 13.3. The summed E-state index contributed by atoms with van der Waals surface area (Å²) in [6.45, 7) is 0.395. The molecule has 0 heterocycles. The van der Waals surface area contributed by atoms with Crippen molar-refractivity contribution in [2.45, 2.75) is 69.1 Å². The van der Waals surface area contributed by atoms with Crippen molar-refractivity contribution in [3.8, 4) is 0 Å². The van der Waals surface area contributed by atoms with Crippen LogP contribution < -0.4 is 33.2 Å². The minimum Gasteiger partial charge on any atom is -0.480 e. The average molecular weight is 553 g/mol. The highest BCUT2D eigenvalue weighted by Gasteiger charge is 2.30. The molecule has 0 saturated heterocycles. The van der Waals surface area contributed by atoms with Gasteiger partial charge in [-0.05, 0) is 56.2 Å². The Hall–Kier alpha value is -3.16. The van der Waals surface area contributed by atoms with Gasteiger partial charge in [0.05, 0.1) is 6.04 Å². The number of hydrogen-bond donors (Lipinski definition) is 7. The number of carboxylic acids is 1. The fourth-order valence-corrected chi connectivity index (χ4v) is 4.04. The van der Waals surface area contributed by atoms with Crippen LogP contribution in [0, 0.1) is 0 Å². The molecule has 12 nitrogen and oxygen atoms in total. The van der Waals surface area contributed by atoms with Crippen LogP contribution in [0.5, 0.6) is 0 Å². The van der Waals surface area contributed by atoms with Gasteiger partial charge in [-0.25, -0.2) is 4.79 Å². The Labute approximate surface area is 227 Å². The van der Waals surface area contributed by atoms with Crippen LogP contribution in [0.4, 0.5) is 0 Å². The van der Waals surface area contributed by atoms with Crippen LogP contribution in [0.3, 0.4) is 0 Å². The van der Waals surface area contributed by atoms with E-state index in [0.717, 1.165) is 5.56 Å². The summed E-state index contributed by atoms with van der Waals surface area (Å²) in [7, 11) is 0. The van der Waals surface area contributed by atoms with Gasteiger partial charge in [0, 0.05) is 12.8 Å². The molecule has 0 saturated carbocycles. The summed E-state index contributed by atoms with van der Waals surface area (Å²) in [6.07, 6.45) is 3.46. The molecule has 1 aromatic rings. The van der Waals surface area contributed by atoms with Crippen molar-refractivity contribution in [3.05, 3.63) is 35.9 Å². The molecule has 0 aromatic heterocycles. The van der Waals surface area contributed by atoms with Crippen molar-refractivity contribution in [2.75, 3.05) is 18.6 Å². The largest absolute Gasteiger partial charge is 0.480 e. The molecule has 0 bridgehead atoms. The second kappa shape index (κ2) is 18.2. The van der Waals surface area contributed by atoms with Crippen molar-refractivity contribution >= 4 is 41.4 Å². The van der Waals surface area contributed by atoms with Crippen LogP contribution in [0.2, 0.25) is 0 Å². The first kappa shape index (κ1) is 32.9. The normalized spacial score (nSPS) is 14.0. The lowest BCUT2D eigenvalue weighted by atomic mass is 10.0. The molecule has 38 heavy (non-hydrogen) atoms. The monoisotopic (exact) mass is 552 g/mol. The van der Waals surface area contributed by atoms with Gasteiger partial charge in [-0.2, -0.15) is 11.8 Å². The molecule has 1 aromatic carbocycles. The van der Waals surface area contributed by atoms with Crippen molar-refractivity contribution in [1.29, 1.82) is 0 Å². The number of benzene rings is 1. The van der Waals surface area contributed by atoms with E-state index >= 15 is 0 Å². The van der Waals surface area contributed by atoms with E-state index in [-0.39, 0.29) is 32.1 Å². The number of carbonyl (C=O) groups is 5. The Balaban J connectivity index is 3.08. The molecule has 13 heteroatoms. The smallest absolute Gasteiger partial charge is 0.326 e. The first-order valence-electron chi connectivity index (χ1n) is 12.5. The van der Waals surface area contributed by atoms with Gasteiger partial charge >= 0.3 is 5.97 Å². The number of hydrogen-bond acceptors (Lipinski definition) is 8. The minimum absolute atomic E-state index is 0.0178. The van der Waals surface area contributed by atoms with E-state index in [0.29, 0.717) is 25.1 Å². The summed E-state index contributed by atoms with van der Waals surface area (Å²) in [5, 5.41) is 17.3. The second-order valence-electron chi connectivity index (χ2n) is 8.89. The van der Waals surface area contributed by atoms with E-state index in [9.17, 15) is 29.1 Å². The van der Waals surface area contributed by atoms with Gasteiger partial charge in [0.1, 0.15) is 18.1 Å². The van der Waals surface area contributed by atoms with E-state index in [1.165, 1.54) is 11.8 Å². The maximum absolute atomic E-state index is 13.3. The Bertz CT molecular complexity index is 919. The van der Waals surface area contributed by atoms with Crippen molar-refractivity contribution in [3.63, 3.8) is 0 Å². The van der Waals surface area contributed by atoms with E-state index < -0.39 is 53.8 Å². The number of nitrogens with one attached hydrogen (secondary N) is 3. The highest BCUT2D eigenvalue weighted by Crippen LogP contribution is 2.08. The molecule has 0 aliphatic carbocycles. The summed E-state index contributed by atoms with van der Waals surface area (Å²) in [5.74, 6) is -3.15. The van der Waals surface area contributed by atoms with Crippen LogP contribution in [-0.2, 0) is 30.4 Å². The summed E-state index contributed by atoms with van der Waals surface area (Å²) < 4.78 is 0. The third-order valence-corrected chi connectivity index (χ3v) is 6.40. The van der Waals surface area contributed by atoms with Gasteiger partial charge in [-0.15, -0.1) is 0 Å². The SMILES string of the molecule is CSCCC(NC(=O)C(Cc1ccccc1)NC(=O)C(CCCCN)NC(=O)C(N)CCC(N)=O)C(=O)O. The zero-order chi connectivity index (χ0) is 28.5. The molecular weight excluding hydrogens is 512 g/mol.